The Morgan fingerprint density at radius 2 is 2.08 bits per heavy atom. The van der Waals surface area contributed by atoms with Gasteiger partial charge in [-0.1, -0.05) is 0 Å². The van der Waals surface area contributed by atoms with Gasteiger partial charge in [0.2, 0.25) is 0 Å². The zero-order valence-electron chi connectivity index (χ0n) is 6.39. The number of alkyl halides is 3. The topological polar surface area (TPSA) is 65.6 Å². The molecule has 0 amide bonds. The molecule has 70 valence electrons. The molecule has 0 saturated heterocycles. The van der Waals surface area contributed by atoms with Crippen LogP contribution in [0.15, 0.2) is 12.4 Å². The summed E-state index contributed by atoms with van der Waals surface area (Å²) in [5.74, 6) is 0. The van der Waals surface area contributed by atoms with Gasteiger partial charge in [-0.05, 0) is 0 Å². The molecule has 0 aliphatic heterocycles. The van der Waals surface area contributed by atoms with E-state index in [2.05, 4.69) is 4.98 Å². The second kappa shape index (κ2) is 3.11. The number of H-pyrrole nitrogens is 1. The van der Waals surface area contributed by atoms with Crippen molar-refractivity contribution < 1.29 is 13.2 Å². The van der Waals surface area contributed by atoms with Gasteiger partial charge in [0.1, 0.15) is 12.1 Å². The second-order valence-corrected chi connectivity index (χ2v) is 2.46. The van der Waals surface area contributed by atoms with Crippen molar-refractivity contribution in [3.8, 4) is 6.07 Å². The Kier molecular flexibility index (Phi) is 2.30. The van der Waals surface area contributed by atoms with Crippen LogP contribution in [0.5, 0.6) is 0 Å². The van der Waals surface area contributed by atoms with Crippen LogP contribution in [0.3, 0.4) is 0 Å². The third-order valence-electron chi connectivity index (χ3n) is 1.59. The molecule has 0 fully saturated rings. The van der Waals surface area contributed by atoms with E-state index in [0.29, 0.717) is 0 Å². The molecular formula is C7H6F3N3. The number of nitrogens with two attached hydrogens (primary N) is 1. The normalized spacial score (nSPS) is 13.8. The average Bonchev–Trinajstić information content (AvgIpc) is 2.48. The van der Waals surface area contributed by atoms with Gasteiger partial charge in [0.15, 0.2) is 0 Å². The molecule has 1 aromatic heterocycles. The molecule has 13 heavy (non-hydrogen) atoms. The van der Waals surface area contributed by atoms with Gasteiger partial charge in [0.25, 0.3) is 0 Å². The van der Waals surface area contributed by atoms with Gasteiger partial charge in [0, 0.05) is 18.0 Å². The number of aromatic nitrogens is 1. The number of nitriles is 1. The summed E-state index contributed by atoms with van der Waals surface area (Å²) in [6, 6.07) is -0.486. The Labute approximate surface area is 72.0 Å². The van der Waals surface area contributed by atoms with Crippen molar-refractivity contribution in [3.05, 3.63) is 23.5 Å². The largest absolute Gasteiger partial charge is 0.407 e. The predicted molar refractivity (Wildman–Crippen MR) is 38.5 cm³/mol. The quantitative estimate of drug-likeness (QED) is 0.702. The SMILES string of the molecule is N#Cc1c[nH]cc1[C@@H](N)C(F)(F)F. The standard InChI is InChI=1S/C7H6F3N3/c8-7(9,10)6(12)5-3-13-2-4(5)1-11/h2-3,6,13H,12H2/t6-/m1/s1. The Bertz CT molecular complexity index is 333. The maximum atomic E-state index is 12.1. The molecular weight excluding hydrogens is 183 g/mol. The molecule has 1 heterocycles. The van der Waals surface area contributed by atoms with Gasteiger partial charge in [0.05, 0.1) is 5.56 Å². The number of rotatable bonds is 1. The number of aromatic amines is 1. The third kappa shape index (κ3) is 1.81. The first-order valence-electron chi connectivity index (χ1n) is 3.36. The van der Waals surface area contributed by atoms with Gasteiger partial charge >= 0.3 is 6.18 Å². The van der Waals surface area contributed by atoms with Crippen molar-refractivity contribution in [2.24, 2.45) is 5.73 Å². The van der Waals surface area contributed by atoms with Crippen molar-refractivity contribution in [2.45, 2.75) is 12.2 Å². The van der Waals surface area contributed by atoms with E-state index < -0.39 is 12.2 Å². The molecule has 0 aliphatic carbocycles. The van der Waals surface area contributed by atoms with Gasteiger partial charge in [-0.25, -0.2) is 0 Å². The molecule has 0 aromatic carbocycles. The van der Waals surface area contributed by atoms with Gasteiger partial charge in [-0.2, -0.15) is 18.4 Å². The van der Waals surface area contributed by atoms with E-state index in [4.69, 9.17) is 11.0 Å². The molecule has 3 N–H and O–H groups in total. The number of halogens is 3. The van der Waals surface area contributed by atoms with Crippen LogP contribution in [0.1, 0.15) is 17.2 Å². The van der Waals surface area contributed by atoms with E-state index in [0.717, 1.165) is 6.20 Å². The van der Waals surface area contributed by atoms with Crippen molar-refractivity contribution in [1.82, 2.24) is 4.98 Å². The highest BCUT2D eigenvalue weighted by atomic mass is 19.4. The van der Waals surface area contributed by atoms with Crippen LogP contribution in [0.2, 0.25) is 0 Å². The van der Waals surface area contributed by atoms with Crippen LogP contribution < -0.4 is 5.73 Å². The summed E-state index contributed by atoms with van der Waals surface area (Å²) in [7, 11) is 0. The first-order chi connectivity index (χ1) is 5.96. The van der Waals surface area contributed by atoms with E-state index >= 15 is 0 Å². The Morgan fingerprint density at radius 3 is 2.54 bits per heavy atom. The molecule has 1 rings (SSSR count). The van der Waals surface area contributed by atoms with E-state index in [1.807, 2.05) is 0 Å². The lowest BCUT2D eigenvalue weighted by atomic mass is 10.1. The van der Waals surface area contributed by atoms with Crippen LogP contribution in [-0.4, -0.2) is 11.2 Å². The summed E-state index contributed by atoms with van der Waals surface area (Å²) in [4.78, 5) is 2.40. The maximum absolute atomic E-state index is 12.1. The third-order valence-corrected chi connectivity index (χ3v) is 1.59. The molecule has 6 heteroatoms. The molecule has 0 unspecified atom stereocenters. The molecule has 0 spiro atoms. The van der Waals surface area contributed by atoms with Gasteiger partial charge in [-0.3, -0.25) is 0 Å². The van der Waals surface area contributed by atoms with Crippen molar-refractivity contribution in [2.75, 3.05) is 0 Å². The van der Waals surface area contributed by atoms with Crippen LogP contribution in [-0.2, 0) is 0 Å². The predicted octanol–water partition coefficient (Wildman–Crippen LogP) is 1.45. The molecule has 1 atom stereocenters. The summed E-state index contributed by atoms with van der Waals surface area (Å²) in [5.41, 5.74) is 4.59. The van der Waals surface area contributed by atoms with E-state index in [-0.39, 0.29) is 11.1 Å². The average molecular weight is 189 g/mol. The first-order valence-corrected chi connectivity index (χ1v) is 3.36. The molecule has 0 bridgehead atoms. The second-order valence-electron chi connectivity index (χ2n) is 2.46. The Balaban J connectivity index is 3.03. The molecule has 1 aromatic rings. The lowest BCUT2D eigenvalue weighted by Crippen LogP contribution is -2.28. The molecule has 0 radical (unpaired) electrons. The van der Waals surface area contributed by atoms with Crippen LogP contribution in [0, 0.1) is 11.3 Å². The fraction of sp³-hybridized carbons (Fsp3) is 0.286. The van der Waals surface area contributed by atoms with E-state index in [1.165, 1.54) is 6.20 Å². The van der Waals surface area contributed by atoms with Crippen molar-refractivity contribution >= 4 is 0 Å². The summed E-state index contributed by atoms with van der Waals surface area (Å²) in [6.45, 7) is 0. The van der Waals surface area contributed by atoms with Gasteiger partial charge < -0.3 is 10.7 Å². The highest BCUT2D eigenvalue weighted by molar-refractivity contribution is 5.37. The number of hydrogen-bond acceptors (Lipinski definition) is 2. The minimum atomic E-state index is -4.52. The first kappa shape index (κ1) is 9.61. The molecule has 0 aliphatic rings. The zero-order chi connectivity index (χ0) is 10.1. The summed E-state index contributed by atoms with van der Waals surface area (Å²) in [6.07, 6.45) is -2.26. The maximum Gasteiger partial charge on any atom is 0.407 e. The summed E-state index contributed by atoms with van der Waals surface area (Å²) >= 11 is 0. The smallest absolute Gasteiger partial charge is 0.366 e. The van der Waals surface area contributed by atoms with Crippen LogP contribution >= 0.6 is 0 Å². The summed E-state index contributed by atoms with van der Waals surface area (Å²) < 4.78 is 36.2. The Morgan fingerprint density at radius 1 is 1.46 bits per heavy atom. The van der Waals surface area contributed by atoms with E-state index in [1.54, 1.807) is 6.07 Å². The lowest BCUT2D eigenvalue weighted by molar-refractivity contribution is -0.149. The van der Waals surface area contributed by atoms with Crippen LogP contribution in [0.25, 0.3) is 0 Å². The zero-order valence-corrected chi connectivity index (χ0v) is 6.39. The lowest BCUT2D eigenvalue weighted by Gasteiger charge is -2.14. The number of nitrogens with zero attached hydrogens (tertiary/aromatic N) is 1. The summed E-state index contributed by atoms with van der Waals surface area (Å²) in [5, 5.41) is 8.43. The highest BCUT2D eigenvalue weighted by Crippen LogP contribution is 2.31. The minimum Gasteiger partial charge on any atom is -0.366 e. The van der Waals surface area contributed by atoms with Crippen LogP contribution in [0.4, 0.5) is 13.2 Å². The fourth-order valence-electron chi connectivity index (χ4n) is 0.906. The minimum absolute atomic E-state index is 0.0789. The molecule has 0 saturated carbocycles. The number of nitrogens with one attached hydrogen (secondary N) is 1. The monoisotopic (exact) mass is 189 g/mol. The van der Waals surface area contributed by atoms with Crippen molar-refractivity contribution in [1.29, 1.82) is 5.26 Å². The highest BCUT2D eigenvalue weighted by Gasteiger charge is 2.39. The number of hydrogen-bond donors (Lipinski definition) is 2. The fourth-order valence-corrected chi connectivity index (χ4v) is 0.906. The van der Waals surface area contributed by atoms with E-state index in [9.17, 15) is 13.2 Å². The van der Waals surface area contributed by atoms with Crippen molar-refractivity contribution in [3.63, 3.8) is 0 Å². The Hall–Kier alpha value is -1.48. The van der Waals surface area contributed by atoms with Gasteiger partial charge in [-0.15, -0.1) is 0 Å². The molecule has 3 nitrogen and oxygen atoms in total.